The molecule has 0 heterocycles. The van der Waals surface area contributed by atoms with Gasteiger partial charge in [0, 0.05) is 0 Å². The number of hydrogen-bond donors (Lipinski definition) is 0. The maximum absolute atomic E-state index is 2.24. The van der Waals surface area contributed by atoms with Crippen molar-refractivity contribution in [2.45, 2.75) is 26.5 Å². The second kappa shape index (κ2) is 7.48. The van der Waals surface area contributed by atoms with Crippen molar-refractivity contribution >= 4 is 26.0 Å². The van der Waals surface area contributed by atoms with Gasteiger partial charge in [-0.1, -0.05) is 26.5 Å². The molecule has 0 spiro atoms. The van der Waals surface area contributed by atoms with Crippen LogP contribution in [0.5, 0.6) is 0 Å². The van der Waals surface area contributed by atoms with E-state index < -0.39 is 0 Å². The van der Waals surface area contributed by atoms with Crippen molar-refractivity contribution in [1.29, 1.82) is 0 Å². The van der Waals surface area contributed by atoms with Gasteiger partial charge in [-0.15, -0.1) is 0 Å². The summed E-state index contributed by atoms with van der Waals surface area (Å²) in [6, 6.07) is 0. The summed E-state index contributed by atoms with van der Waals surface area (Å²) in [5.41, 5.74) is 0. The maximum atomic E-state index is 2.24. The first-order valence-corrected chi connectivity index (χ1v) is 4.16. The van der Waals surface area contributed by atoms with Gasteiger partial charge in [0.2, 0.25) is 5.99 Å². The first kappa shape index (κ1) is 11.3. The first-order chi connectivity index (χ1) is 3.35. The Balaban J connectivity index is 0. The molecule has 0 amide bonds. The number of rotatable bonds is 3. The third-order valence-corrected chi connectivity index (χ3v) is 2.58. The molecule has 0 aromatic heterocycles. The van der Waals surface area contributed by atoms with Gasteiger partial charge in [0.25, 0.3) is 0 Å². The molecule has 0 fully saturated rings. The quantitative estimate of drug-likeness (QED) is 0.517. The van der Waals surface area contributed by atoms with Gasteiger partial charge in [-0.25, -0.2) is 11.6 Å². The van der Waals surface area contributed by atoms with Crippen LogP contribution in [0.25, 0.3) is 0 Å². The fourth-order valence-electron chi connectivity index (χ4n) is 0.622. The van der Waals surface area contributed by atoms with Gasteiger partial charge >= 0.3 is 0 Å². The van der Waals surface area contributed by atoms with Crippen LogP contribution in [0.15, 0.2) is 0 Å². The van der Waals surface area contributed by atoms with E-state index in [1.807, 2.05) is 11.6 Å². The van der Waals surface area contributed by atoms with Crippen LogP contribution in [-0.2, 0) is 0 Å². The van der Waals surface area contributed by atoms with E-state index in [-0.39, 0.29) is 8.41 Å². The maximum Gasteiger partial charge on any atom is 0.208 e. The highest BCUT2D eigenvalue weighted by Gasteiger charge is 2.02. The molecule has 3 heteroatoms. The van der Waals surface area contributed by atoms with Crippen LogP contribution >= 0.6 is 11.6 Å². The van der Waals surface area contributed by atoms with Crippen LogP contribution in [0, 0.1) is 0 Å². The topological polar surface area (TPSA) is 0 Å². The average Bonchev–Trinajstić information content (AvgIpc) is 1.72. The van der Waals surface area contributed by atoms with Gasteiger partial charge in [-0.05, 0) is 6.26 Å². The minimum Gasteiger partial charge on any atom is -0.213 e. The molecule has 0 nitrogen and oxygen atoms in total. The molecule has 8 heavy (non-hydrogen) atoms. The highest BCUT2D eigenvalue weighted by atomic mass is 32.2. The monoisotopic (exact) mass is 130 g/mol. The third kappa shape index (κ3) is 4.63. The van der Waals surface area contributed by atoms with Crippen molar-refractivity contribution in [1.82, 2.24) is 0 Å². The van der Waals surface area contributed by atoms with E-state index in [2.05, 4.69) is 20.1 Å². The molecule has 0 atom stereocenters. The van der Waals surface area contributed by atoms with Crippen molar-refractivity contribution in [3.8, 4) is 0 Å². The van der Waals surface area contributed by atoms with Crippen LogP contribution in [0.2, 0.25) is 12.6 Å². The van der Waals surface area contributed by atoms with Gasteiger partial charge in [0.1, 0.15) is 0 Å². The van der Waals surface area contributed by atoms with E-state index >= 15 is 0 Å². The fraction of sp³-hybridized carbons (Fsp3) is 1.00. The second-order valence-electron chi connectivity index (χ2n) is 1.67. The Labute approximate surface area is 59.4 Å². The summed E-state index contributed by atoms with van der Waals surface area (Å²) in [6.45, 7) is 4.48. The van der Waals surface area contributed by atoms with Gasteiger partial charge in [-0.2, -0.15) is 0 Å². The fourth-order valence-corrected chi connectivity index (χ4v) is 1.29. The Morgan fingerprint density at radius 1 is 1.25 bits per heavy atom. The zero-order valence-corrected chi connectivity index (χ0v) is 6.22. The molecule has 0 aliphatic heterocycles. The summed E-state index contributed by atoms with van der Waals surface area (Å²) >= 11 is 1.97. The van der Waals surface area contributed by atoms with E-state index in [1.165, 1.54) is 12.6 Å². The Bertz CT molecular complexity index is 31.9. The molecule has 0 radical (unpaired) electrons. The molecule has 0 rings (SSSR count). The predicted molar refractivity (Wildman–Crippen MR) is 50.2 cm³/mol. The Kier molecular flexibility index (Phi) is 10.6. The Morgan fingerprint density at radius 2 is 1.62 bits per heavy atom. The van der Waals surface area contributed by atoms with Crippen molar-refractivity contribution in [2.24, 2.45) is 0 Å². The summed E-state index contributed by atoms with van der Waals surface area (Å²) < 4.78 is 0. The highest BCUT2D eigenvalue weighted by molar-refractivity contribution is 8.25. The molecule has 48 valence electrons. The van der Waals surface area contributed by atoms with Gasteiger partial charge in [-0.3, -0.25) is 0 Å². The zero-order chi connectivity index (χ0) is 5.70. The smallest absolute Gasteiger partial charge is 0.208 e. The van der Waals surface area contributed by atoms with Crippen molar-refractivity contribution in [2.75, 3.05) is 6.26 Å². The van der Waals surface area contributed by atoms with Crippen molar-refractivity contribution < 1.29 is 0 Å². The second-order valence-corrected chi connectivity index (χ2v) is 2.81. The lowest BCUT2D eigenvalue weighted by Gasteiger charge is -1.99. The summed E-state index contributed by atoms with van der Waals surface area (Å²) in [6.07, 6.45) is 4.81. The van der Waals surface area contributed by atoms with Crippen LogP contribution in [-0.4, -0.2) is 20.7 Å². The molecule has 0 aromatic rings. The lowest BCUT2D eigenvalue weighted by Crippen LogP contribution is -2.00. The summed E-state index contributed by atoms with van der Waals surface area (Å²) in [5.74, 6) is 0.903. The van der Waals surface area contributed by atoms with Crippen molar-refractivity contribution in [3.63, 3.8) is 0 Å². The van der Waals surface area contributed by atoms with E-state index in [9.17, 15) is 0 Å². The minimum absolute atomic E-state index is 0. The molecule has 0 aliphatic carbocycles. The van der Waals surface area contributed by atoms with Crippen LogP contribution < -0.4 is 0 Å². The molecule has 0 aromatic carbocycles. The molecule has 0 saturated heterocycles. The molecule has 0 unspecified atom stereocenters. The third-order valence-electron chi connectivity index (χ3n) is 1.24. The molecular weight excluding hydrogens is 114 g/mol. The number of hydrogen-bond acceptors (Lipinski definition) is 1. The molecule has 0 N–H and O–H groups in total. The minimum atomic E-state index is 0. The predicted octanol–water partition coefficient (Wildman–Crippen LogP) is 1.20. The van der Waals surface area contributed by atoms with Crippen LogP contribution in [0.4, 0.5) is 0 Å². The van der Waals surface area contributed by atoms with E-state index in [0.717, 1.165) is 5.99 Å². The van der Waals surface area contributed by atoms with Crippen molar-refractivity contribution in [3.05, 3.63) is 0 Å². The van der Waals surface area contributed by atoms with Gasteiger partial charge in [0.15, 0.2) is 0 Å². The van der Waals surface area contributed by atoms with E-state index in [1.54, 1.807) is 0 Å². The molecular formula is C5H16B2S. The van der Waals surface area contributed by atoms with E-state index in [0.29, 0.717) is 0 Å². The highest BCUT2D eigenvalue weighted by Crippen LogP contribution is 2.09. The summed E-state index contributed by atoms with van der Waals surface area (Å²) in [7, 11) is 0. The Morgan fingerprint density at radius 3 is 1.62 bits per heavy atom. The molecule has 0 saturated carbocycles. The SMILES string of the molecule is B.CCB(CC)SC. The van der Waals surface area contributed by atoms with E-state index in [4.69, 9.17) is 0 Å². The normalized spacial score (nSPS) is 7.88. The summed E-state index contributed by atoms with van der Waals surface area (Å²) in [5, 5.41) is 0. The first-order valence-electron chi connectivity index (χ1n) is 2.87. The lowest BCUT2D eigenvalue weighted by molar-refractivity contribution is 1.35. The largest absolute Gasteiger partial charge is 0.213 e. The molecule has 0 bridgehead atoms. The van der Waals surface area contributed by atoms with Crippen LogP contribution in [0.1, 0.15) is 13.8 Å². The van der Waals surface area contributed by atoms with Gasteiger partial charge < -0.3 is 0 Å². The summed E-state index contributed by atoms with van der Waals surface area (Å²) in [4.78, 5) is 0. The van der Waals surface area contributed by atoms with Crippen LogP contribution in [0.3, 0.4) is 0 Å². The zero-order valence-electron chi connectivity index (χ0n) is 5.40. The Hall–Kier alpha value is 0.480. The standard InChI is InChI=1S/C5H13BS.BH3/c1-4-6(5-2)7-3;/h4-5H2,1-3H3;1H3. The lowest BCUT2D eigenvalue weighted by atomic mass is 9.70. The van der Waals surface area contributed by atoms with Gasteiger partial charge in [0.05, 0.1) is 8.41 Å². The average molecular weight is 130 g/mol. The molecule has 0 aliphatic rings.